The minimum absolute atomic E-state index is 0.140. The van der Waals surface area contributed by atoms with Gasteiger partial charge >= 0.3 is 0 Å². The Morgan fingerprint density at radius 1 is 0.886 bits per heavy atom. The van der Waals surface area contributed by atoms with E-state index in [1.165, 1.54) is 31.2 Å². The summed E-state index contributed by atoms with van der Waals surface area (Å²) in [6.07, 6.45) is 6.74. The van der Waals surface area contributed by atoms with Crippen LogP contribution in [-0.4, -0.2) is 24.4 Å². The van der Waals surface area contributed by atoms with E-state index in [2.05, 4.69) is 54.4 Å². The molecule has 2 heterocycles. The van der Waals surface area contributed by atoms with E-state index in [-0.39, 0.29) is 12.3 Å². The van der Waals surface area contributed by atoms with Gasteiger partial charge in [0.05, 0.1) is 25.5 Å². The summed E-state index contributed by atoms with van der Waals surface area (Å²) in [6.45, 7) is 3.00. The lowest BCUT2D eigenvalue weighted by molar-refractivity contribution is -0.0190. The maximum atomic E-state index is 6.49. The Bertz CT molecular complexity index is 1140. The molecule has 0 saturated carbocycles. The molecule has 0 radical (unpaired) electrons. The molecule has 2 aliphatic heterocycles. The molecule has 0 aromatic heterocycles. The zero-order valence-corrected chi connectivity index (χ0v) is 20.7. The SMILES string of the molecule is CCCCCCCOc1ccc([C@@H]2Oc3ccccc3[C@@H]3CC(c4ccc(OC)cc4)=NN32)cc1. The van der Waals surface area contributed by atoms with E-state index >= 15 is 0 Å². The Hall–Kier alpha value is -3.47. The first-order chi connectivity index (χ1) is 17.3. The van der Waals surface area contributed by atoms with Crippen molar-refractivity contribution in [2.24, 2.45) is 5.10 Å². The lowest BCUT2D eigenvalue weighted by Gasteiger charge is -2.38. The summed E-state index contributed by atoms with van der Waals surface area (Å²) in [6, 6.07) is 24.9. The van der Waals surface area contributed by atoms with E-state index in [0.29, 0.717) is 0 Å². The fourth-order valence-corrected chi connectivity index (χ4v) is 4.84. The molecule has 2 atom stereocenters. The fourth-order valence-electron chi connectivity index (χ4n) is 4.84. The van der Waals surface area contributed by atoms with Crippen molar-refractivity contribution in [3.63, 3.8) is 0 Å². The monoisotopic (exact) mass is 470 g/mol. The highest BCUT2D eigenvalue weighted by molar-refractivity contribution is 6.02. The second-order valence-corrected chi connectivity index (χ2v) is 9.21. The predicted molar refractivity (Wildman–Crippen MR) is 139 cm³/mol. The Kier molecular flexibility index (Phi) is 7.22. The lowest BCUT2D eigenvalue weighted by Crippen LogP contribution is -2.33. The van der Waals surface area contributed by atoms with Gasteiger partial charge in [0, 0.05) is 17.5 Å². The average Bonchev–Trinajstić information content (AvgIpc) is 3.36. The third kappa shape index (κ3) is 5.14. The molecule has 0 saturated heterocycles. The molecule has 5 nitrogen and oxygen atoms in total. The van der Waals surface area contributed by atoms with E-state index in [9.17, 15) is 0 Å². The van der Waals surface area contributed by atoms with E-state index in [4.69, 9.17) is 19.3 Å². The topological polar surface area (TPSA) is 43.3 Å². The van der Waals surface area contributed by atoms with Crippen LogP contribution in [0.2, 0.25) is 0 Å². The van der Waals surface area contributed by atoms with Crippen LogP contribution in [0.1, 0.15) is 74.4 Å². The first-order valence-electron chi connectivity index (χ1n) is 12.8. The van der Waals surface area contributed by atoms with E-state index in [1.54, 1.807) is 7.11 Å². The van der Waals surface area contributed by atoms with Crippen molar-refractivity contribution in [3.8, 4) is 17.2 Å². The first-order valence-corrected chi connectivity index (χ1v) is 12.8. The Labute approximate surface area is 208 Å². The Balaban J connectivity index is 1.34. The van der Waals surface area contributed by atoms with Crippen LogP contribution >= 0.6 is 0 Å². The molecule has 5 heteroatoms. The number of unbranched alkanes of at least 4 members (excludes halogenated alkanes) is 4. The lowest BCUT2D eigenvalue weighted by atomic mass is 9.96. The van der Waals surface area contributed by atoms with E-state index < -0.39 is 0 Å². The average molecular weight is 471 g/mol. The molecular weight excluding hydrogens is 436 g/mol. The molecule has 0 bridgehead atoms. The number of nitrogens with zero attached hydrogens (tertiary/aromatic N) is 2. The van der Waals surface area contributed by atoms with Crippen LogP contribution in [0.15, 0.2) is 77.9 Å². The molecule has 0 N–H and O–H groups in total. The number of benzene rings is 3. The molecule has 0 aliphatic carbocycles. The van der Waals surface area contributed by atoms with Gasteiger partial charge in [-0.05, 0) is 66.6 Å². The highest BCUT2D eigenvalue weighted by Crippen LogP contribution is 2.47. The zero-order valence-electron chi connectivity index (χ0n) is 20.7. The van der Waals surface area contributed by atoms with Gasteiger partial charge in [0.2, 0.25) is 6.23 Å². The van der Waals surface area contributed by atoms with Gasteiger partial charge in [-0.1, -0.05) is 50.8 Å². The largest absolute Gasteiger partial charge is 0.497 e. The van der Waals surface area contributed by atoms with Gasteiger partial charge in [0.15, 0.2) is 0 Å². The van der Waals surface area contributed by atoms with Crippen molar-refractivity contribution in [2.45, 2.75) is 57.7 Å². The minimum atomic E-state index is -0.284. The smallest absolute Gasteiger partial charge is 0.213 e. The highest BCUT2D eigenvalue weighted by Gasteiger charge is 2.40. The number of hydrogen-bond donors (Lipinski definition) is 0. The molecule has 0 amide bonds. The Morgan fingerprint density at radius 3 is 2.40 bits per heavy atom. The van der Waals surface area contributed by atoms with E-state index in [1.807, 2.05) is 30.3 Å². The maximum Gasteiger partial charge on any atom is 0.213 e. The molecular formula is C30H34N2O3. The molecule has 182 valence electrons. The molecule has 0 spiro atoms. The molecule has 3 aromatic rings. The van der Waals surface area contributed by atoms with Gasteiger partial charge in [-0.2, -0.15) is 5.10 Å². The molecule has 0 unspecified atom stereocenters. The van der Waals surface area contributed by atoms with Gasteiger partial charge in [-0.15, -0.1) is 0 Å². The van der Waals surface area contributed by atoms with Crippen molar-refractivity contribution < 1.29 is 14.2 Å². The number of fused-ring (bicyclic) bond motifs is 3. The maximum absolute atomic E-state index is 6.49. The van der Waals surface area contributed by atoms with Crippen LogP contribution in [0, 0.1) is 0 Å². The fraction of sp³-hybridized carbons (Fsp3) is 0.367. The second kappa shape index (κ2) is 10.9. The van der Waals surface area contributed by atoms with Gasteiger partial charge in [0.25, 0.3) is 0 Å². The third-order valence-corrected chi connectivity index (χ3v) is 6.80. The summed E-state index contributed by atoms with van der Waals surface area (Å²) >= 11 is 0. The van der Waals surface area contributed by atoms with Crippen LogP contribution in [0.3, 0.4) is 0 Å². The summed E-state index contributed by atoms with van der Waals surface area (Å²) in [5.41, 5.74) is 4.42. The normalized spacial score (nSPS) is 18.3. The van der Waals surface area contributed by atoms with E-state index in [0.717, 1.165) is 53.5 Å². The minimum Gasteiger partial charge on any atom is -0.497 e. The summed E-state index contributed by atoms with van der Waals surface area (Å²) in [7, 11) is 1.69. The number of rotatable bonds is 10. The van der Waals surface area contributed by atoms with Gasteiger partial charge in [-0.3, -0.25) is 0 Å². The standard InChI is InChI=1S/C30H34N2O3/c1-3-4-5-6-9-20-34-25-18-14-23(15-19-25)30-32-28(26-10-7-8-11-29(26)35-30)21-27(31-32)22-12-16-24(33-2)17-13-22/h7-8,10-19,28,30H,3-6,9,20-21H2,1-2H3/t28-,30-/m0/s1. The molecule has 2 aliphatic rings. The van der Waals surface area contributed by atoms with Crippen LogP contribution in [0.4, 0.5) is 0 Å². The number of hydrazone groups is 1. The summed E-state index contributed by atoms with van der Waals surface area (Å²) < 4.78 is 17.8. The van der Waals surface area contributed by atoms with Gasteiger partial charge in [-0.25, -0.2) is 5.01 Å². The number of ether oxygens (including phenoxy) is 3. The van der Waals surface area contributed by atoms with Crippen molar-refractivity contribution >= 4 is 5.71 Å². The molecule has 3 aromatic carbocycles. The Morgan fingerprint density at radius 2 is 1.63 bits per heavy atom. The summed E-state index contributed by atoms with van der Waals surface area (Å²) in [5, 5.41) is 7.17. The third-order valence-electron chi connectivity index (χ3n) is 6.80. The highest BCUT2D eigenvalue weighted by atomic mass is 16.5. The zero-order chi connectivity index (χ0) is 24.0. The van der Waals surface area contributed by atoms with Crippen LogP contribution in [0.25, 0.3) is 0 Å². The van der Waals surface area contributed by atoms with Crippen molar-refractivity contribution in [1.29, 1.82) is 0 Å². The van der Waals surface area contributed by atoms with Crippen molar-refractivity contribution in [2.75, 3.05) is 13.7 Å². The summed E-state index contributed by atoms with van der Waals surface area (Å²) in [5.74, 6) is 2.68. The van der Waals surface area contributed by atoms with Gasteiger partial charge < -0.3 is 14.2 Å². The van der Waals surface area contributed by atoms with Gasteiger partial charge in [0.1, 0.15) is 17.2 Å². The molecule has 0 fully saturated rings. The van der Waals surface area contributed by atoms with Crippen molar-refractivity contribution in [3.05, 3.63) is 89.5 Å². The summed E-state index contributed by atoms with van der Waals surface area (Å²) in [4.78, 5) is 0. The second-order valence-electron chi connectivity index (χ2n) is 9.21. The van der Waals surface area contributed by atoms with Crippen LogP contribution in [-0.2, 0) is 0 Å². The van der Waals surface area contributed by atoms with Crippen LogP contribution in [0.5, 0.6) is 17.2 Å². The predicted octanol–water partition coefficient (Wildman–Crippen LogP) is 7.29. The quantitative estimate of drug-likeness (QED) is 0.292. The number of para-hydroxylation sites is 1. The van der Waals surface area contributed by atoms with Crippen LogP contribution < -0.4 is 14.2 Å². The number of hydrogen-bond acceptors (Lipinski definition) is 5. The first kappa shape index (κ1) is 23.3. The van der Waals surface area contributed by atoms with Crippen molar-refractivity contribution in [1.82, 2.24) is 5.01 Å². The molecule has 5 rings (SSSR count). The number of methoxy groups -OCH3 is 1. The molecule has 35 heavy (non-hydrogen) atoms.